The normalized spacial score (nSPS) is 10.6. The monoisotopic (exact) mass is 302 g/mol. The zero-order valence-corrected chi connectivity index (χ0v) is 13.0. The Hall–Kier alpha value is -1.38. The molecule has 8 heteroatoms. The second-order valence-electron chi connectivity index (χ2n) is 4.11. The zero-order valence-electron chi connectivity index (χ0n) is 12.1. The third-order valence-corrected chi connectivity index (χ3v) is 3.77. The largest absolute Gasteiger partial charge is 0.385 e. The van der Waals surface area contributed by atoms with Crippen molar-refractivity contribution in [1.29, 1.82) is 0 Å². The molecule has 0 aliphatic heterocycles. The van der Waals surface area contributed by atoms with Crippen LogP contribution in [0.4, 0.5) is 10.9 Å². The van der Waals surface area contributed by atoms with E-state index in [4.69, 9.17) is 15.2 Å². The Balaban J connectivity index is 2.76. The summed E-state index contributed by atoms with van der Waals surface area (Å²) in [5, 5.41) is 3.52. The van der Waals surface area contributed by atoms with E-state index in [2.05, 4.69) is 10.3 Å². The minimum Gasteiger partial charge on any atom is -0.385 e. The summed E-state index contributed by atoms with van der Waals surface area (Å²) in [5.74, 6) is 0.146. The number of nitrogen functional groups attached to an aromatic ring is 1. The molecule has 114 valence electrons. The summed E-state index contributed by atoms with van der Waals surface area (Å²) in [5.41, 5.74) is 5.80. The van der Waals surface area contributed by atoms with Crippen molar-refractivity contribution in [3.8, 4) is 0 Å². The number of hydrogen-bond acceptors (Lipinski definition) is 7. The van der Waals surface area contributed by atoms with Gasteiger partial charge in [0, 0.05) is 41.0 Å². The number of aromatic nitrogens is 1. The molecule has 7 nitrogen and oxygen atoms in total. The average Bonchev–Trinajstić information content (AvgIpc) is 2.83. The molecule has 20 heavy (non-hydrogen) atoms. The maximum Gasteiger partial charge on any atom is 0.267 e. The minimum atomic E-state index is -0.116. The van der Waals surface area contributed by atoms with E-state index in [9.17, 15) is 4.79 Å². The van der Waals surface area contributed by atoms with Gasteiger partial charge in [0.05, 0.1) is 6.61 Å². The number of nitrogens with two attached hydrogens (primary N) is 1. The van der Waals surface area contributed by atoms with E-state index in [1.807, 2.05) is 0 Å². The lowest BCUT2D eigenvalue weighted by Gasteiger charge is -2.21. The quantitative estimate of drug-likeness (QED) is 0.659. The Labute approximate surface area is 123 Å². The molecule has 1 rings (SSSR count). The standard InChI is InChI=1S/C12H22N4O3S/c1-14-12-15-10(13)9(20-12)11(17)16(6-8-19-3)5-4-7-18-2/h4-8,13H2,1-3H3,(H,14,15). The minimum absolute atomic E-state index is 0.116. The Morgan fingerprint density at radius 2 is 2.05 bits per heavy atom. The zero-order chi connectivity index (χ0) is 15.0. The molecule has 1 amide bonds. The van der Waals surface area contributed by atoms with Crippen LogP contribution >= 0.6 is 11.3 Å². The van der Waals surface area contributed by atoms with E-state index >= 15 is 0 Å². The number of rotatable bonds is 9. The highest BCUT2D eigenvalue weighted by atomic mass is 32.1. The summed E-state index contributed by atoms with van der Waals surface area (Å²) >= 11 is 1.26. The van der Waals surface area contributed by atoms with Crippen molar-refractivity contribution >= 4 is 28.2 Å². The number of carbonyl (C=O) groups excluding carboxylic acids is 1. The van der Waals surface area contributed by atoms with Crippen molar-refractivity contribution < 1.29 is 14.3 Å². The molecule has 0 unspecified atom stereocenters. The van der Waals surface area contributed by atoms with E-state index in [1.165, 1.54) is 11.3 Å². The van der Waals surface area contributed by atoms with Gasteiger partial charge in [0.1, 0.15) is 10.7 Å². The first-order chi connectivity index (χ1) is 9.63. The van der Waals surface area contributed by atoms with E-state index in [0.29, 0.717) is 36.3 Å². The number of amides is 1. The van der Waals surface area contributed by atoms with Crippen molar-refractivity contribution in [2.24, 2.45) is 0 Å². The van der Waals surface area contributed by atoms with Gasteiger partial charge in [-0.25, -0.2) is 4.98 Å². The van der Waals surface area contributed by atoms with E-state index in [-0.39, 0.29) is 11.7 Å². The van der Waals surface area contributed by atoms with E-state index < -0.39 is 0 Å². The number of anilines is 2. The number of ether oxygens (including phenoxy) is 2. The van der Waals surface area contributed by atoms with Crippen LogP contribution < -0.4 is 11.1 Å². The molecule has 0 spiro atoms. The Morgan fingerprint density at radius 1 is 1.35 bits per heavy atom. The second-order valence-corrected chi connectivity index (χ2v) is 5.11. The maximum atomic E-state index is 12.5. The first-order valence-electron chi connectivity index (χ1n) is 6.35. The number of methoxy groups -OCH3 is 2. The van der Waals surface area contributed by atoms with Crippen molar-refractivity contribution in [1.82, 2.24) is 9.88 Å². The van der Waals surface area contributed by atoms with Crippen molar-refractivity contribution in [2.45, 2.75) is 6.42 Å². The van der Waals surface area contributed by atoms with Gasteiger partial charge in [-0.05, 0) is 6.42 Å². The predicted octanol–water partition coefficient (Wildman–Crippen LogP) is 0.892. The van der Waals surface area contributed by atoms with Crippen LogP contribution in [0.1, 0.15) is 16.1 Å². The van der Waals surface area contributed by atoms with Crippen LogP contribution in [-0.4, -0.2) is 63.4 Å². The average molecular weight is 302 g/mol. The second kappa shape index (κ2) is 8.72. The van der Waals surface area contributed by atoms with E-state index in [1.54, 1.807) is 26.2 Å². The lowest BCUT2D eigenvalue weighted by atomic mass is 10.3. The molecule has 0 fully saturated rings. The van der Waals surface area contributed by atoms with Crippen molar-refractivity contribution in [2.75, 3.05) is 58.6 Å². The van der Waals surface area contributed by atoms with Crippen LogP contribution in [0.3, 0.4) is 0 Å². The fraction of sp³-hybridized carbons (Fsp3) is 0.667. The van der Waals surface area contributed by atoms with Crippen LogP contribution in [0, 0.1) is 0 Å². The fourth-order valence-electron chi connectivity index (χ4n) is 1.65. The highest BCUT2D eigenvalue weighted by molar-refractivity contribution is 7.18. The Kier molecular flexibility index (Phi) is 7.27. The first kappa shape index (κ1) is 16.7. The predicted molar refractivity (Wildman–Crippen MR) is 80.3 cm³/mol. The molecule has 1 heterocycles. The summed E-state index contributed by atoms with van der Waals surface area (Å²) in [4.78, 5) is 18.8. The summed E-state index contributed by atoms with van der Waals surface area (Å²) in [6.07, 6.45) is 0.767. The molecule has 1 aromatic rings. The number of nitrogens with one attached hydrogen (secondary N) is 1. The third-order valence-electron chi connectivity index (χ3n) is 2.69. The molecule has 3 N–H and O–H groups in total. The van der Waals surface area contributed by atoms with Crippen LogP contribution in [0.15, 0.2) is 0 Å². The number of hydrogen-bond donors (Lipinski definition) is 2. The molecule has 1 aromatic heterocycles. The smallest absolute Gasteiger partial charge is 0.267 e. The lowest BCUT2D eigenvalue weighted by molar-refractivity contribution is 0.0679. The highest BCUT2D eigenvalue weighted by Gasteiger charge is 2.21. The van der Waals surface area contributed by atoms with Crippen LogP contribution in [0.5, 0.6) is 0 Å². The molecular weight excluding hydrogens is 280 g/mol. The fourth-order valence-corrected chi connectivity index (χ4v) is 2.46. The van der Waals surface area contributed by atoms with Gasteiger partial charge in [0.25, 0.3) is 5.91 Å². The molecule has 0 aromatic carbocycles. The summed E-state index contributed by atoms with van der Waals surface area (Å²) in [6.45, 7) is 2.21. The molecule has 0 atom stereocenters. The highest BCUT2D eigenvalue weighted by Crippen LogP contribution is 2.25. The van der Waals surface area contributed by atoms with Gasteiger partial charge in [0.2, 0.25) is 0 Å². The Morgan fingerprint density at radius 3 is 2.60 bits per heavy atom. The third kappa shape index (κ3) is 4.62. The van der Waals surface area contributed by atoms with Gasteiger partial charge >= 0.3 is 0 Å². The van der Waals surface area contributed by atoms with Gasteiger partial charge in [-0.15, -0.1) is 0 Å². The molecule has 0 radical (unpaired) electrons. The number of thiazole rings is 1. The maximum absolute atomic E-state index is 12.5. The molecule has 0 saturated heterocycles. The summed E-state index contributed by atoms with van der Waals surface area (Å²) < 4.78 is 10.1. The topological polar surface area (TPSA) is 89.7 Å². The molecule has 0 aliphatic carbocycles. The van der Waals surface area contributed by atoms with Crippen LogP contribution in [0.25, 0.3) is 0 Å². The molecule has 0 saturated carbocycles. The Bertz CT molecular complexity index is 425. The van der Waals surface area contributed by atoms with Gasteiger partial charge in [-0.2, -0.15) is 0 Å². The lowest BCUT2D eigenvalue weighted by Crippen LogP contribution is -2.35. The first-order valence-corrected chi connectivity index (χ1v) is 7.16. The van der Waals surface area contributed by atoms with E-state index in [0.717, 1.165) is 6.42 Å². The summed E-state index contributed by atoms with van der Waals surface area (Å²) in [7, 11) is 4.99. The number of nitrogens with zero attached hydrogens (tertiary/aromatic N) is 2. The van der Waals surface area contributed by atoms with Gasteiger partial charge in [0.15, 0.2) is 5.13 Å². The van der Waals surface area contributed by atoms with Gasteiger partial charge < -0.3 is 25.4 Å². The SMILES string of the molecule is CNc1nc(N)c(C(=O)N(CCCOC)CCOC)s1. The van der Waals surface area contributed by atoms with Gasteiger partial charge in [-0.1, -0.05) is 11.3 Å². The van der Waals surface area contributed by atoms with Crippen molar-refractivity contribution in [3.63, 3.8) is 0 Å². The van der Waals surface area contributed by atoms with Crippen LogP contribution in [-0.2, 0) is 9.47 Å². The molecule has 0 aliphatic rings. The molecular formula is C12H22N4O3S. The van der Waals surface area contributed by atoms with Gasteiger partial charge in [-0.3, -0.25) is 4.79 Å². The molecule has 0 bridgehead atoms. The van der Waals surface area contributed by atoms with Crippen molar-refractivity contribution in [3.05, 3.63) is 4.88 Å². The number of carbonyl (C=O) groups is 1. The van der Waals surface area contributed by atoms with Crippen LogP contribution in [0.2, 0.25) is 0 Å². The summed E-state index contributed by atoms with van der Waals surface area (Å²) in [6, 6.07) is 0.